The van der Waals surface area contributed by atoms with E-state index in [1.807, 2.05) is 6.07 Å². The lowest BCUT2D eigenvalue weighted by molar-refractivity contribution is -0.182. The standard InChI is InChI=1S/C23H38O3/c1-5-9-13-18-17-22(23(24)26-25)21(16-12-8-4)20(15-11-7-3)19(18)14-10-6-2/h17,25H,5-16H2,1-4H3. The number of hydrogen-bond donors (Lipinski definition) is 1. The van der Waals surface area contributed by atoms with Crippen LogP contribution >= 0.6 is 0 Å². The minimum atomic E-state index is -0.603. The third-order valence-corrected chi connectivity index (χ3v) is 5.20. The van der Waals surface area contributed by atoms with Gasteiger partial charge in [0.15, 0.2) is 0 Å². The van der Waals surface area contributed by atoms with E-state index in [0.717, 1.165) is 69.8 Å². The number of carbonyl (C=O) groups is 1. The van der Waals surface area contributed by atoms with Crippen LogP contribution in [0.2, 0.25) is 0 Å². The van der Waals surface area contributed by atoms with Crippen molar-refractivity contribution in [2.75, 3.05) is 0 Å². The maximum Gasteiger partial charge on any atom is 0.373 e. The molecule has 0 spiro atoms. The molecule has 0 aliphatic carbocycles. The van der Waals surface area contributed by atoms with Gasteiger partial charge < -0.3 is 0 Å². The lowest BCUT2D eigenvalue weighted by Crippen LogP contribution is -2.14. The Kier molecular flexibility index (Phi) is 11.3. The summed E-state index contributed by atoms with van der Waals surface area (Å²) in [5, 5.41) is 9.03. The van der Waals surface area contributed by atoms with Crippen molar-refractivity contribution in [1.82, 2.24) is 0 Å². The topological polar surface area (TPSA) is 46.5 Å². The van der Waals surface area contributed by atoms with E-state index in [1.165, 1.54) is 29.5 Å². The maximum atomic E-state index is 12.3. The van der Waals surface area contributed by atoms with Crippen molar-refractivity contribution < 1.29 is 14.9 Å². The van der Waals surface area contributed by atoms with Crippen LogP contribution in [0.4, 0.5) is 0 Å². The smallest absolute Gasteiger partial charge is 0.295 e. The van der Waals surface area contributed by atoms with Gasteiger partial charge in [-0.1, -0.05) is 53.4 Å². The van der Waals surface area contributed by atoms with Crippen LogP contribution in [0.1, 0.15) is 112 Å². The van der Waals surface area contributed by atoms with Crippen LogP contribution in [0.5, 0.6) is 0 Å². The third-order valence-electron chi connectivity index (χ3n) is 5.20. The quantitative estimate of drug-likeness (QED) is 0.314. The molecule has 0 fully saturated rings. The first kappa shape index (κ1) is 22.7. The molecule has 0 atom stereocenters. The number of benzene rings is 1. The van der Waals surface area contributed by atoms with Gasteiger partial charge in [-0.25, -0.2) is 4.79 Å². The van der Waals surface area contributed by atoms with Gasteiger partial charge >= 0.3 is 5.97 Å². The highest BCUT2D eigenvalue weighted by atomic mass is 17.1. The van der Waals surface area contributed by atoms with Crippen molar-refractivity contribution in [3.05, 3.63) is 33.9 Å². The second-order valence-corrected chi connectivity index (χ2v) is 7.31. The molecule has 148 valence electrons. The Balaban J connectivity index is 3.54. The molecular weight excluding hydrogens is 324 g/mol. The molecule has 0 aliphatic heterocycles. The van der Waals surface area contributed by atoms with E-state index < -0.39 is 5.97 Å². The molecule has 1 rings (SSSR count). The molecule has 0 saturated carbocycles. The summed E-state index contributed by atoms with van der Waals surface area (Å²) in [6, 6.07) is 2.01. The van der Waals surface area contributed by atoms with E-state index in [-0.39, 0.29) is 0 Å². The predicted molar refractivity (Wildman–Crippen MR) is 109 cm³/mol. The fourth-order valence-electron chi connectivity index (χ4n) is 3.67. The normalized spacial score (nSPS) is 11.0. The van der Waals surface area contributed by atoms with E-state index >= 15 is 0 Å². The highest BCUT2D eigenvalue weighted by molar-refractivity contribution is 5.91. The predicted octanol–water partition coefficient (Wildman–Crippen LogP) is 6.69. The van der Waals surface area contributed by atoms with Gasteiger partial charge in [0.1, 0.15) is 0 Å². The van der Waals surface area contributed by atoms with Crippen LogP contribution in [0, 0.1) is 0 Å². The minimum absolute atomic E-state index is 0.582. The van der Waals surface area contributed by atoms with Crippen molar-refractivity contribution >= 4 is 5.97 Å². The SMILES string of the molecule is CCCCc1cc(C(=O)OO)c(CCCC)c(CCCC)c1CCCC. The minimum Gasteiger partial charge on any atom is -0.295 e. The summed E-state index contributed by atoms with van der Waals surface area (Å²) in [6.45, 7) is 8.81. The van der Waals surface area contributed by atoms with Crippen LogP contribution in [-0.4, -0.2) is 11.2 Å². The van der Waals surface area contributed by atoms with Crippen molar-refractivity contribution in [3.8, 4) is 0 Å². The third kappa shape index (κ3) is 6.42. The number of rotatable bonds is 13. The summed E-state index contributed by atoms with van der Waals surface area (Å²) in [7, 11) is 0. The molecule has 0 bridgehead atoms. The molecule has 0 amide bonds. The van der Waals surface area contributed by atoms with E-state index in [1.54, 1.807) is 0 Å². The van der Waals surface area contributed by atoms with E-state index in [9.17, 15) is 4.79 Å². The van der Waals surface area contributed by atoms with Crippen LogP contribution in [0.25, 0.3) is 0 Å². The van der Waals surface area contributed by atoms with E-state index in [4.69, 9.17) is 5.26 Å². The summed E-state index contributed by atoms with van der Waals surface area (Å²) < 4.78 is 0. The second kappa shape index (κ2) is 12.9. The van der Waals surface area contributed by atoms with E-state index in [2.05, 4.69) is 32.6 Å². The van der Waals surface area contributed by atoms with Crippen LogP contribution in [0.3, 0.4) is 0 Å². The van der Waals surface area contributed by atoms with Crippen molar-refractivity contribution in [1.29, 1.82) is 0 Å². The zero-order valence-electron chi connectivity index (χ0n) is 17.3. The zero-order chi connectivity index (χ0) is 19.4. The maximum absolute atomic E-state index is 12.3. The van der Waals surface area contributed by atoms with Gasteiger partial charge in [-0.05, 0) is 79.7 Å². The van der Waals surface area contributed by atoms with Crippen LogP contribution < -0.4 is 0 Å². The lowest BCUT2D eigenvalue weighted by Gasteiger charge is -2.22. The molecule has 3 heteroatoms. The highest BCUT2D eigenvalue weighted by Gasteiger charge is 2.22. The fraction of sp³-hybridized carbons (Fsp3) is 0.696. The molecule has 0 unspecified atom stereocenters. The monoisotopic (exact) mass is 362 g/mol. The molecule has 1 aromatic carbocycles. The summed E-state index contributed by atoms with van der Waals surface area (Å²) in [5.41, 5.74) is 5.81. The number of carbonyl (C=O) groups excluding carboxylic acids is 1. The van der Waals surface area contributed by atoms with Crippen molar-refractivity contribution in [3.63, 3.8) is 0 Å². The molecule has 3 nitrogen and oxygen atoms in total. The number of aryl methyl sites for hydroxylation is 1. The van der Waals surface area contributed by atoms with Gasteiger partial charge in [-0.2, -0.15) is 5.26 Å². The van der Waals surface area contributed by atoms with Crippen LogP contribution in [0.15, 0.2) is 6.07 Å². The molecule has 0 aromatic heterocycles. The van der Waals surface area contributed by atoms with Gasteiger partial charge in [0, 0.05) is 0 Å². The van der Waals surface area contributed by atoms with Gasteiger partial charge in [0.25, 0.3) is 0 Å². The average Bonchev–Trinajstić information content (AvgIpc) is 2.67. The largest absolute Gasteiger partial charge is 0.373 e. The van der Waals surface area contributed by atoms with Gasteiger partial charge in [0.05, 0.1) is 5.56 Å². The molecule has 1 N–H and O–H groups in total. The molecule has 0 aliphatic rings. The van der Waals surface area contributed by atoms with Gasteiger partial charge in [0.2, 0.25) is 0 Å². The first-order valence-corrected chi connectivity index (χ1v) is 10.7. The summed E-state index contributed by atoms with van der Waals surface area (Å²) >= 11 is 0. The number of hydrogen-bond acceptors (Lipinski definition) is 3. The Hall–Kier alpha value is -1.35. The summed E-state index contributed by atoms with van der Waals surface area (Å²) in [5.74, 6) is -0.603. The first-order chi connectivity index (χ1) is 12.6. The molecular formula is C23H38O3. The number of unbranched alkanes of at least 4 members (excludes halogenated alkanes) is 4. The molecule has 0 saturated heterocycles. The Labute approximate surface area is 160 Å². The van der Waals surface area contributed by atoms with Crippen molar-refractivity contribution in [2.24, 2.45) is 0 Å². The lowest BCUT2D eigenvalue weighted by atomic mass is 9.83. The molecule has 1 aromatic rings. The Bertz CT molecular complexity index is 549. The van der Waals surface area contributed by atoms with Gasteiger partial charge in [-0.15, -0.1) is 0 Å². The fourth-order valence-corrected chi connectivity index (χ4v) is 3.67. The molecule has 0 radical (unpaired) electrons. The molecule has 0 heterocycles. The summed E-state index contributed by atoms with van der Waals surface area (Å²) in [4.78, 5) is 16.5. The molecule has 26 heavy (non-hydrogen) atoms. The first-order valence-electron chi connectivity index (χ1n) is 10.7. The summed E-state index contributed by atoms with van der Waals surface area (Å²) in [6.07, 6.45) is 13.0. The highest BCUT2D eigenvalue weighted by Crippen LogP contribution is 2.30. The van der Waals surface area contributed by atoms with Gasteiger partial charge in [-0.3, -0.25) is 4.89 Å². The van der Waals surface area contributed by atoms with Crippen LogP contribution in [-0.2, 0) is 30.6 Å². The second-order valence-electron chi connectivity index (χ2n) is 7.31. The Morgan fingerprint density at radius 2 is 1.23 bits per heavy atom. The van der Waals surface area contributed by atoms with E-state index in [0.29, 0.717) is 5.56 Å². The van der Waals surface area contributed by atoms with Crippen molar-refractivity contribution in [2.45, 2.75) is 105 Å². The Morgan fingerprint density at radius 3 is 1.73 bits per heavy atom. The average molecular weight is 363 g/mol. The zero-order valence-corrected chi connectivity index (χ0v) is 17.3. The Morgan fingerprint density at radius 1 is 0.769 bits per heavy atom.